The van der Waals surface area contributed by atoms with Crippen molar-refractivity contribution >= 4 is 22.9 Å². The highest BCUT2D eigenvalue weighted by Crippen LogP contribution is 2.33. The van der Waals surface area contributed by atoms with Crippen LogP contribution in [0.25, 0.3) is 0 Å². The molecule has 1 aliphatic heterocycles. The molecule has 0 unspecified atom stereocenters. The molecule has 0 aliphatic carbocycles. The van der Waals surface area contributed by atoms with E-state index < -0.39 is 0 Å². The number of nitrogens with one attached hydrogen (secondary N) is 1. The summed E-state index contributed by atoms with van der Waals surface area (Å²) in [5.74, 6) is 0.471. The number of fused-ring (bicyclic) bond motifs is 1. The number of carbonyl (C=O) groups is 1. The molecule has 1 amide bonds. The summed E-state index contributed by atoms with van der Waals surface area (Å²) >= 11 is 1.83. The number of rotatable bonds is 4. The zero-order valence-electron chi connectivity index (χ0n) is 14.9. The summed E-state index contributed by atoms with van der Waals surface area (Å²) in [6.45, 7) is 9.98. The van der Waals surface area contributed by atoms with Crippen molar-refractivity contribution in [1.29, 1.82) is 0 Å². The smallest absolute Gasteiger partial charge is 0.238 e. The second kappa shape index (κ2) is 7.08. The second-order valence-electron chi connectivity index (χ2n) is 6.94. The molecule has 3 nitrogen and oxygen atoms in total. The summed E-state index contributed by atoms with van der Waals surface area (Å²) in [5, 5.41) is 5.33. The van der Waals surface area contributed by atoms with Gasteiger partial charge in [-0.25, -0.2) is 0 Å². The summed E-state index contributed by atoms with van der Waals surface area (Å²) in [6.07, 6.45) is 1.05. The maximum atomic E-state index is 12.7. The van der Waals surface area contributed by atoms with E-state index in [9.17, 15) is 4.79 Å². The number of amides is 1. The first-order valence-corrected chi connectivity index (χ1v) is 9.55. The predicted molar refractivity (Wildman–Crippen MR) is 102 cm³/mol. The van der Waals surface area contributed by atoms with Gasteiger partial charge in [-0.3, -0.25) is 9.69 Å². The molecular formula is C20H26N2OS. The molecule has 1 aromatic carbocycles. The molecule has 0 fully saturated rings. The lowest BCUT2D eigenvalue weighted by Gasteiger charge is -2.33. The standard InChI is InChI=1S/C20H26N2OS/c1-13(2)16-7-5-6-14(3)20(16)21-19(23)12-22-10-8-18-17(15(22)4)9-11-24-18/h5-7,9,11,13,15H,8,10,12H2,1-4H3,(H,21,23)/t15-/m1/s1. The van der Waals surface area contributed by atoms with Crippen LogP contribution in [0.1, 0.15) is 54.3 Å². The van der Waals surface area contributed by atoms with Crippen LogP contribution in [0.3, 0.4) is 0 Å². The van der Waals surface area contributed by atoms with Crippen LogP contribution in [0, 0.1) is 6.92 Å². The number of thiophene rings is 1. The van der Waals surface area contributed by atoms with Crippen molar-refractivity contribution in [3.8, 4) is 0 Å². The van der Waals surface area contributed by atoms with E-state index in [0.717, 1.165) is 24.2 Å². The van der Waals surface area contributed by atoms with E-state index in [1.807, 2.05) is 11.3 Å². The average molecular weight is 343 g/mol. The van der Waals surface area contributed by atoms with Gasteiger partial charge in [-0.2, -0.15) is 0 Å². The van der Waals surface area contributed by atoms with Crippen molar-refractivity contribution in [2.45, 2.75) is 46.1 Å². The Balaban J connectivity index is 1.71. The Kier molecular flexibility index (Phi) is 5.07. The molecule has 24 heavy (non-hydrogen) atoms. The van der Waals surface area contributed by atoms with E-state index in [1.54, 1.807) is 0 Å². The van der Waals surface area contributed by atoms with Crippen LogP contribution in [-0.4, -0.2) is 23.9 Å². The molecule has 2 heterocycles. The van der Waals surface area contributed by atoms with E-state index in [4.69, 9.17) is 0 Å². The van der Waals surface area contributed by atoms with Gasteiger partial charge in [0.25, 0.3) is 0 Å². The Bertz CT molecular complexity index is 735. The minimum Gasteiger partial charge on any atom is -0.324 e. The Labute approximate surface area is 148 Å². The lowest BCUT2D eigenvalue weighted by Crippen LogP contribution is -2.39. The number of hydrogen-bond donors (Lipinski definition) is 1. The molecule has 1 N–H and O–H groups in total. The summed E-state index contributed by atoms with van der Waals surface area (Å²) in [4.78, 5) is 16.4. The molecule has 0 saturated carbocycles. The molecule has 1 aliphatic rings. The SMILES string of the molecule is Cc1cccc(C(C)C)c1NC(=O)CN1CCc2sccc2[C@H]1C. The number of aryl methyl sites for hydroxylation is 1. The highest BCUT2D eigenvalue weighted by Gasteiger charge is 2.26. The molecule has 0 bridgehead atoms. The molecule has 0 saturated heterocycles. The van der Waals surface area contributed by atoms with Crippen molar-refractivity contribution < 1.29 is 4.79 Å². The second-order valence-corrected chi connectivity index (χ2v) is 7.94. The minimum absolute atomic E-state index is 0.0803. The van der Waals surface area contributed by atoms with Gasteiger partial charge in [0, 0.05) is 23.2 Å². The minimum atomic E-state index is 0.0803. The summed E-state index contributed by atoms with van der Waals surface area (Å²) < 4.78 is 0. The van der Waals surface area contributed by atoms with Crippen molar-refractivity contribution in [3.05, 3.63) is 51.2 Å². The predicted octanol–water partition coefficient (Wildman–Crippen LogP) is 4.74. The van der Waals surface area contributed by atoms with Crippen LogP contribution >= 0.6 is 11.3 Å². The lowest BCUT2D eigenvalue weighted by molar-refractivity contribution is -0.117. The highest BCUT2D eigenvalue weighted by molar-refractivity contribution is 7.10. The van der Waals surface area contributed by atoms with Crippen LogP contribution in [0.15, 0.2) is 29.6 Å². The molecule has 0 radical (unpaired) electrons. The lowest BCUT2D eigenvalue weighted by atomic mass is 9.98. The Hall–Kier alpha value is -1.65. The first-order valence-electron chi connectivity index (χ1n) is 8.67. The van der Waals surface area contributed by atoms with Crippen LogP contribution in [0.4, 0.5) is 5.69 Å². The van der Waals surface area contributed by atoms with E-state index in [2.05, 4.69) is 67.6 Å². The third kappa shape index (κ3) is 3.40. The van der Waals surface area contributed by atoms with Crippen molar-refractivity contribution in [2.75, 3.05) is 18.4 Å². The largest absolute Gasteiger partial charge is 0.324 e. The van der Waals surface area contributed by atoms with Crippen molar-refractivity contribution in [1.82, 2.24) is 4.90 Å². The van der Waals surface area contributed by atoms with Gasteiger partial charge in [0.05, 0.1) is 6.54 Å². The Morgan fingerprint density at radius 3 is 2.92 bits per heavy atom. The van der Waals surface area contributed by atoms with Gasteiger partial charge < -0.3 is 5.32 Å². The van der Waals surface area contributed by atoms with Gasteiger partial charge in [-0.15, -0.1) is 11.3 Å². The molecular weight excluding hydrogens is 316 g/mol. The summed E-state index contributed by atoms with van der Waals surface area (Å²) in [7, 11) is 0. The normalized spacial score (nSPS) is 17.8. The van der Waals surface area contributed by atoms with Gasteiger partial charge in [0.15, 0.2) is 0 Å². The number of para-hydroxylation sites is 1. The molecule has 128 valence electrons. The zero-order valence-corrected chi connectivity index (χ0v) is 15.7. The molecule has 3 rings (SSSR count). The molecule has 0 spiro atoms. The number of hydrogen-bond acceptors (Lipinski definition) is 3. The fourth-order valence-corrected chi connectivity index (χ4v) is 4.45. The number of nitrogens with zero attached hydrogens (tertiary/aromatic N) is 1. The number of benzene rings is 1. The van der Waals surface area contributed by atoms with E-state index in [0.29, 0.717) is 18.5 Å². The van der Waals surface area contributed by atoms with Gasteiger partial charge in [-0.1, -0.05) is 32.0 Å². The highest BCUT2D eigenvalue weighted by atomic mass is 32.1. The van der Waals surface area contributed by atoms with Crippen LogP contribution < -0.4 is 5.32 Å². The third-order valence-electron chi connectivity index (χ3n) is 4.94. The fraction of sp³-hybridized carbons (Fsp3) is 0.450. The van der Waals surface area contributed by atoms with E-state index >= 15 is 0 Å². The maximum absolute atomic E-state index is 12.7. The molecule has 1 aromatic heterocycles. The van der Waals surface area contributed by atoms with Gasteiger partial charge in [-0.05, 0) is 54.3 Å². The summed E-state index contributed by atoms with van der Waals surface area (Å²) in [5.41, 5.74) is 4.70. The molecule has 4 heteroatoms. The van der Waals surface area contributed by atoms with E-state index in [-0.39, 0.29) is 5.91 Å². The Morgan fingerprint density at radius 1 is 1.38 bits per heavy atom. The molecule has 2 aromatic rings. The maximum Gasteiger partial charge on any atom is 0.238 e. The van der Waals surface area contributed by atoms with Gasteiger partial charge >= 0.3 is 0 Å². The van der Waals surface area contributed by atoms with Gasteiger partial charge in [0.2, 0.25) is 5.91 Å². The monoisotopic (exact) mass is 342 g/mol. The third-order valence-corrected chi connectivity index (χ3v) is 5.94. The van der Waals surface area contributed by atoms with Crippen molar-refractivity contribution in [3.63, 3.8) is 0 Å². The van der Waals surface area contributed by atoms with Crippen molar-refractivity contribution in [2.24, 2.45) is 0 Å². The van der Waals surface area contributed by atoms with Crippen LogP contribution in [0.2, 0.25) is 0 Å². The average Bonchev–Trinajstić information content (AvgIpc) is 3.01. The van der Waals surface area contributed by atoms with E-state index in [1.165, 1.54) is 16.0 Å². The quantitative estimate of drug-likeness (QED) is 0.870. The van der Waals surface area contributed by atoms with Crippen LogP contribution in [-0.2, 0) is 11.2 Å². The Morgan fingerprint density at radius 2 is 2.17 bits per heavy atom. The van der Waals surface area contributed by atoms with Crippen LogP contribution in [0.5, 0.6) is 0 Å². The number of carbonyl (C=O) groups excluding carboxylic acids is 1. The summed E-state index contributed by atoms with van der Waals surface area (Å²) in [6, 6.07) is 8.74. The first-order chi connectivity index (χ1) is 11.5. The molecule has 1 atom stereocenters. The zero-order chi connectivity index (χ0) is 17.3. The first kappa shape index (κ1) is 17.2. The number of anilines is 1. The fourth-order valence-electron chi connectivity index (χ4n) is 3.48. The topological polar surface area (TPSA) is 32.3 Å². The van der Waals surface area contributed by atoms with Gasteiger partial charge in [0.1, 0.15) is 0 Å².